The van der Waals surface area contributed by atoms with Gasteiger partial charge in [-0.3, -0.25) is 14.4 Å². The molecular weight excluding hydrogens is 422 g/mol. The molecule has 31 heavy (non-hydrogen) atoms. The number of amides is 2. The van der Waals surface area contributed by atoms with Crippen molar-refractivity contribution in [2.45, 2.75) is 49.8 Å². The Balaban J connectivity index is 1.47. The minimum atomic E-state index is -3.53. The number of sulfonamides is 1. The van der Waals surface area contributed by atoms with Crippen molar-refractivity contribution < 1.29 is 27.5 Å². The fourth-order valence-electron chi connectivity index (χ4n) is 3.71. The summed E-state index contributed by atoms with van der Waals surface area (Å²) in [6, 6.07) is 5.92. The molecule has 0 bridgehead atoms. The molecule has 2 saturated heterocycles. The van der Waals surface area contributed by atoms with Crippen LogP contribution in [0.3, 0.4) is 0 Å². The summed E-state index contributed by atoms with van der Waals surface area (Å²) >= 11 is 0. The zero-order valence-corrected chi connectivity index (χ0v) is 18.4. The predicted molar refractivity (Wildman–Crippen MR) is 114 cm³/mol. The van der Waals surface area contributed by atoms with E-state index in [1.807, 2.05) is 0 Å². The van der Waals surface area contributed by atoms with E-state index in [9.17, 15) is 22.8 Å². The number of carbonyl (C=O) groups is 3. The van der Waals surface area contributed by atoms with E-state index in [0.29, 0.717) is 31.7 Å². The number of nitrogens with one attached hydrogen (secondary N) is 1. The fraction of sp³-hybridized carbons (Fsp3) is 0.571. The molecule has 2 amide bonds. The van der Waals surface area contributed by atoms with Crippen LogP contribution in [0, 0.1) is 0 Å². The summed E-state index contributed by atoms with van der Waals surface area (Å²) in [5.41, 5.74) is 0.404. The average molecular weight is 452 g/mol. The van der Waals surface area contributed by atoms with Crippen molar-refractivity contribution in [2.75, 3.05) is 38.1 Å². The standard InChI is InChI=1S/C21H29N3O6S/c25-19(16-30-21(27)15-23-12-4-1-3-7-20(23)26)22-17-8-10-18(11-9-17)31(28,29)24-13-5-2-6-14-24/h8-11H,1-7,12-16H2,(H,22,25). The van der Waals surface area contributed by atoms with Crippen LogP contribution >= 0.6 is 0 Å². The van der Waals surface area contributed by atoms with E-state index in [4.69, 9.17) is 4.74 Å². The van der Waals surface area contributed by atoms with Gasteiger partial charge in [0, 0.05) is 31.7 Å². The molecule has 2 heterocycles. The summed E-state index contributed by atoms with van der Waals surface area (Å²) < 4.78 is 31.8. The molecule has 0 spiro atoms. The molecule has 2 fully saturated rings. The van der Waals surface area contributed by atoms with Crippen LogP contribution in [0.2, 0.25) is 0 Å². The topological polar surface area (TPSA) is 113 Å². The largest absolute Gasteiger partial charge is 0.454 e. The van der Waals surface area contributed by atoms with Gasteiger partial charge in [0.1, 0.15) is 6.54 Å². The van der Waals surface area contributed by atoms with Gasteiger partial charge in [0.15, 0.2) is 6.61 Å². The number of rotatable bonds is 7. The number of esters is 1. The summed E-state index contributed by atoms with van der Waals surface area (Å²) in [6.45, 7) is 0.932. The molecule has 2 aliphatic rings. The number of hydrogen-bond donors (Lipinski definition) is 1. The van der Waals surface area contributed by atoms with Crippen LogP contribution in [0.25, 0.3) is 0 Å². The normalized spacial score (nSPS) is 18.3. The molecule has 3 rings (SSSR count). The molecule has 1 N–H and O–H groups in total. The van der Waals surface area contributed by atoms with Crippen LogP contribution in [0.4, 0.5) is 5.69 Å². The van der Waals surface area contributed by atoms with E-state index in [1.165, 1.54) is 33.5 Å². The minimum absolute atomic E-state index is 0.0708. The first-order chi connectivity index (χ1) is 14.9. The van der Waals surface area contributed by atoms with Gasteiger partial charge in [-0.25, -0.2) is 8.42 Å². The quantitative estimate of drug-likeness (QED) is 0.632. The molecule has 0 radical (unpaired) electrons. The highest BCUT2D eigenvalue weighted by atomic mass is 32.2. The van der Waals surface area contributed by atoms with Crippen LogP contribution < -0.4 is 5.32 Å². The van der Waals surface area contributed by atoms with Crippen LogP contribution in [0.1, 0.15) is 44.9 Å². The molecule has 0 atom stereocenters. The van der Waals surface area contributed by atoms with Crippen molar-refractivity contribution in [1.29, 1.82) is 0 Å². The lowest BCUT2D eigenvalue weighted by Crippen LogP contribution is -2.36. The number of benzene rings is 1. The van der Waals surface area contributed by atoms with Gasteiger partial charge < -0.3 is 15.0 Å². The van der Waals surface area contributed by atoms with Gasteiger partial charge in [0.2, 0.25) is 15.9 Å². The van der Waals surface area contributed by atoms with Crippen LogP contribution in [0.5, 0.6) is 0 Å². The Hall–Kier alpha value is -2.46. The second-order valence-electron chi connectivity index (χ2n) is 7.82. The molecule has 10 heteroatoms. The molecule has 170 valence electrons. The van der Waals surface area contributed by atoms with E-state index in [-0.39, 0.29) is 17.3 Å². The lowest BCUT2D eigenvalue weighted by molar-refractivity contribution is -0.151. The molecule has 2 aliphatic heterocycles. The van der Waals surface area contributed by atoms with Gasteiger partial charge in [-0.15, -0.1) is 0 Å². The summed E-state index contributed by atoms with van der Waals surface area (Å²) in [5, 5.41) is 2.57. The highest BCUT2D eigenvalue weighted by Gasteiger charge is 2.26. The molecule has 0 aromatic heterocycles. The molecule has 0 aliphatic carbocycles. The highest BCUT2D eigenvalue weighted by molar-refractivity contribution is 7.89. The van der Waals surface area contributed by atoms with Crippen molar-refractivity contribution in [2.24, 2.45) is 0 Å². The summed E-state index contributed by atoms with van der Waals surface area (Å²) in [7, 11) is -3.53. The molecule has 1 aromatic carbocycles. The Morgan fingerprint density at radius 3 is 2.29 bits per heavy atom. The zero-order chi connectivity index (χ0) is 22.3. The molecular formula is C21H29N3O6S. The SMILES string of the molecule is O=C(COC(=O)CN1CCCCCC1=O)Nc1ccc(S(=O)(=O)N2CCCCC2)cc1. The maximum Gasteiger partial charge on any atom is 0.326 e. The zero-order valence-electron chi connectivity index (χ0n) is 17.5. The third-order valence-electron chi connectivity index (χ3n) is 5.45. The Bertz CT molecular complexity index is 894. The van der Waals surface area contributed by atoms with Crippen LogP contribution in [-0.4, -0.2) is 68.2 Å². The van der Waals surface area contributed by atoms with Crippen molar-refractivity contribution in [1.82, 2.24) is 9.21 Å². The minimum Gasteiger partial charge on any atom is -0.454 e. The first-order valence-corrected chi connectivity index (χ1v) is 12.1. The number of hydrogen-bond acceptors (Lipinski definition) is 6. The lowest BCUT2D eigenvalue weighted by Gasteiger charge is -2.25. The number of nitrogens with zero attached hydrogens (tertiary/aromatic N) is 2. The van der Waals surface area contributed by atoms with Crippen LogP contribution in [0.15, 0.2) is 29.2 Å². The highest BCUT2D eigenvalue weighted by Crippen LogP contribution is 2.22. The molecule has 0 unspecified atom stereocenters. The van der Waals surface area contributed by atoms with E-state index >= 15 is 0 Å². The van der Waals surface area contributed by atoms with E-state index in [1.54, 1.807) is 0 Å². The third kappa shape index (κ3) is 6.51. The Labute approximate surface area is 182 Å². The average Bonchev–Trinajstić information content (AvgIpc) is 2.97. The monoisotopic (exact) mass is 451 g/mol. The Morgan fingerprint density at radius 1 is 0.935 bits per heavy atom. The number of carbonyl (C=O) groups excluding carboxylic acids is 3. The number of ether oxygens (including phenoxy) is 1. The van der Waals surface area contributed by atoms with Crippen molar-refractivity contribution in [3.63, 3.8) is 0 Å². The summed E-state index contributed by atoms with van der Waals surface area (Å²) in [6.07, 6.45) is 5.81. The van der Waals surface area contributed by atoms with E-state index < -0.39 is 28.5 Å². The number of anilines is 1. The van der Waals surface area contributed by atoms with Gasteiger partial charge in [0.05, 0.1) is 4.90 Å². The van der Waals surface area contributed by atoms with Crippen molar-refractivity contribution in [3.8, 4) is 0 Å². The maximum atomic E-state index is 12.7. The van der Waals surface area contributed by atoms with Gasteiger partial charge in [0.25, 0.3) is 5.91 Å². The Morgan fingerprint density at radius 2 is 1.58 bits per heavy atom. The van der Waals surface area contributed by atoms with Gasteiger partial charge in [-0.2, -0.15) is 4.31 Å². The third-order valence-corrected chi connectivity index (χ3v) is 7.36. The molecule has 0 saturated carbocycles. The second-order valence-corrected chi connectivity index (χ2v) is 9.76. The van der Waals surface area contributed by atoms with Crippen molar-refractivity contribution in [3.05, 3.63) is 24.3 Å². The molecule has 9 nitrogen and oxygen atoms in total. The van der Waals surface area contributed by atoms with Crippen LogP contribution in [-0.2, 0) is 29.1 Å². The van der Waals surface area contributed by atoms with Gasteiger partial charge in [-0.05, 0) is 49.9 Å². The van der Waals surface area contributed by atoms with E-state index in [0.717, 1.165) is 38.5 Å². The first-order valence-electron chi connectivity index (χ1n) is 10.7. The lowest BCUT2D eigenvalue weighted by atomic mass is 10.2. The number of likely N-dealkylation sites (tertiary alicyclic amines) is 1. The second kappa shape index (κ2) is 10.7. The first kappa shape index (κ1) is 23.2. The van der Waals surface area contributed by atoms with E-state index in [2.05, 4.69) is 5.32 Å². The maximum absolute atomic E-state index is 12.7. The Kier molecular flexibility index (Phi) is 8.03. The summed E-state index contributed by atoms with van der Waals surface area (Å²) in [4.78, 5) is 37.6. The van der Waals surface area contributed by atoms with Gasteiger partial charge >= 0.3 is 5.97 Å². The fourth-order valence-corrected chi connectivity index (χ4v) is 5.23. The van der Waals surface area contributed by atoms with Crippen molar-refractivity contribution >= 4 is 33.5 Å². The smallest absolute Gasteiger partial charge is 0.326 e. The predicted octanol–water partition coefficient (Wildman–Crippen LogP) is 1.75. The molecule has 1 aromatic rings. The summed E-state index contributed by atoms with van der Waals surface area (Å²) in [5.74, 6) is -1.24. The van der Waals surface area contributed by atoms with Gasteiger partial charge in [-0.1, -0.05) is 12.8 Å². The number of piperidine rings is 1.